The fraction of sp³-hybridized carbons (Fsp3) is 0.522. The number of anilines is 1. The monoisotopic (exact) mass is 446 g/mol. The van der Waals surface area contributed by atoms with Gasteiger partial charge in [-0.25, -0.2) is 9.78 Å². The zero-order valence-electron chi connectivity index (χ0n) is 18.8. The van der Waals surface area contributed by atoms with E-state index in [9.17, 15) is 9.59 Å². The number of ether oxygens (including phenoxy) is 1. The number of halogens is 1. The second-order valence-electron chi connectivity index (χ2n) is 9.12. The Kier molecular flexibility index (Phi) is 6.94. The lowest BCUT2D eigenvalue weighted by Gasteiger charge is -2.26. The number of carbonyl (C=O) groups excluding carboxylic acids is 2. The minimum Gasteiger partial charge on any atom is -0.444 e. The summed E-state index contributed by atoms with van der Waals surface area (Å²) in [4.78, 5) is 30.8. The van der Waals surface area contributed by atoms with Gasteiger partial charge in [0.25, 0.3) is 0 Å². The van der Waals surface area contributed by atoms with Crippen LogP contribution in [-0.2, 0) is 9.53 Å². The van der Waals surface area contributed by atoms with Crippen molar-refractivity contribution in [3.05, 3.63) is 34.9 Å². The summed E-state index contributed by atoms with van der Waals surface area (Å²) in [5.41, 5.74) is 1.06. The molecule has 168 valence electrons. The third kappa shape index (κ3) is 6.00. The number of aromatic nitrogens is 1. The van der Waals surface area contributed by atoms with Gasteiger partial charge in [-0.1, -0.05) is 23.7 Å². The van der Waals surface area contributed by atoms with Crippen LogP contribution in [0.4, 0.5) is 10.6 Å². The van der Waals surface area contributed by atoms with Crippen LogP contribution >= 0.6 is 11.6 Å². The van der Waals surface area contributed by atoms with Gasteiger partial charge in [0.2, 0.25) is 5.91 Å². The first kappa shape index (κ1) is 23.1. The van der Waals surface area contributed by atoms with Crippen LogP contribution in [0.1, 0.15) is 52.6 Å². The lowest BCUT2D eigenvalue weighted by molar-refractivity contribution is -0.119. The lowest BCUT2D eigenvalue weighted by Crippen LogP contribution is -2.35. The standard InChI is InChI=1S/C23H31ClN4O3/c1-14(26-22(30)31-23(3,4)5)18-11-17-7-6-8-19(24)20(17)27-21(18)28-10-9-16(13-28)12-25-15(2)29/h6-8,11,14,16H,9-10,12-13H2,1-5H3,(H,25,29)(H,26,30)/t14-,16?/m0/s1. The Balaban J connectivity index is 1.90. The summed E-state index contributed by atoms with van der Waals surface area (Å²) in [7, 11) is 0. The normalized spacial score (nSPS) is 17.5. The van der Waals surface area contributed by atoms with Gasteiger partial charge < -0.3 is 20.3 Å². The van der Waals surface area contributed by atoms with Crippen LogP contribution in [0.3, 0.4) is 0 Å². The van der Waals surface area contributed by atoms with Gasteiger partial charge in [-0.05, 0) is 52.2 Å². The number of benzene rings is 1. The minimum absolute atomic E-state index is 0.0232. The van der Waals surface area contributed by atoms with E-state index in [1.807, 2.05) is 52.0 Å². The number of hydrogen-bond donors (Lipinski definition) is 2. The van der Waals surface area contributed by atoms with Crippen molar-refractivity contribution in [2.45, 2.75) is 52.7 Å². The second kappa shape index (κ2) is 9.30. The second-order valence-corrected chi connectivity index (χ2v) is 9.53. The number of pyridine rings is 1. The van der Waals surface area contributed by atoms with E-state index in [-0.39, 0.29) is 11.9 Å². The van der Waals surface area contributed by atoms with Crippen LogP contribution in [0.25, 0.3) is 10.9 Å². The Morgan fingerprint density at radius 1 is 1.35 bits per heavy atom. The molecule has 7 nitrogen and oxygen atoms in total. The first-order valence-corrected chi connectivity index (χ1v) is 11.0. The number of nitrogens with one attached hydrogen (secondary N) is 2. The molecule has 0 radical (unpaired) electrons. The molecule has 2 aromatic rings. The number of amides is 2. The number of carbonyl (C=O) groups is 2. The Hall–Kier alpha value is -2.54. The van der Waals surface area contributed by atoms with Gasteiger partial charge in [0.1, 0.15) is 11.4 Å². The molecule has 2 amide bonds. The van der Waals surface area contributed by atoms with Gasteiger partial charge in [-0.15, -0.1) is 0 Å². The van der Waals surface area contributed by atoms with Crippen LogP contribution in [0.5, 0.6) is 0 Å². The molecule has 1 aliphatic heterocycles. The predicted molar refractivity (Wildman–Crippen MR) is 124 cm³/mol. The van der Waals surface area contributed by atoms with E-state index in [1.165, 1.54) is 6.92 Å². The summed E-state index contributed by atoms with van der Waals surface area (Å²) in [6, 6.07) is 7.40. The van der Waals surface area contributed by atoms with Gasteiger partial charge in [0.05, 0.1) is 16.6 Å². The van der Waals surface area contributed by atoms with Crippen LogP contribution < -0.4 is 15.5 Å². The molecule has 0 bridgehead atoms. The van der Waals surface area contributed by atoms with E-state index in [0.29, 0.717) is 17.5 Å². The van der Waals surface area contributed by atoms with Crippen molar-refractivity contribution >= 4 is 40.3 Å². The molecule has 1 aliphatic rings. The van der Waals surface area contributed by atoms with E-state index in [0.717, 1.165) is 41.8 Å². The fourth-order valence-electron chi connectivity index (χ4n) is 3.78. The van der Waals surface area contributed by atoms with E-state index in [2.05, 4.69) is 15.5 Å². The molecule has 2 atom stereocenters. The highest BCUT2D eigenvalue weighted by Gasteiger charge is 2.28. The van der Waals surface area contributed by atoms with Gasteiger partial charge in [0, 0.05) is 37.5 Å². The number of para-hydroxylation sites is 1. The van der Waals surface area contributed by atoms with Crippen molar-refractivity contribution < 1.29 is 14.3 Å². The molecule has 0 aliphatic carbocycles. The predicted octanol–water partition coefficient (Wildman–Crippen LogP) is 4.44. The Morgan fingerprint density at radius 3 is 2.77 bits per heavy atom. The highest BCUT2D eigenvalue weighted by atomic mass is 35.5. The summed E-state index contributed by atoms with van der Waals surface area (Å²) in [5.74, 6) is 1.12. The SMILES string of the molecule is CC(=O)NCC1CCN(c2nc3c(Cl)cccc3cc2[C@H](C)NC(=O)OC(C)(C)C)C1. The van der Waals surface area contributed by atoms with Gasteiger partial charge in [0.15, 0.2) is 0 Å². The molecular formula is C23H31ClN4O3. The molecule has 3 rings (SSSR count). The lowest BCUT2D eigenvalue weighted by atomic mass is 10.1. The van der Waals surface area contributed by atoms with E-state index < -0.39 is 11.7 Å². The smallest absolute Gasteiger partial charge is 0.408 e. The van der Waals surface area contributed by atoms with Gasteiger partial charge >= 0.3 is 6.09 Å². The van der Waals surface area contributed by atoms with Crippen molar-refractivity contribution in [2.24, 2.45) is 5.92 Å². The van der Waals surface area contributed by atoms with Crippen LogP contribution in [-0.4, -0.2) is 42.2 Å². The highest BCUT2D eigenvalue weighted by molar-refractivity contribution is 6.35. The molecule has 1 aromatic heterocycles. The number of hydrogen-bond acceptors (Lipinski definition) is 5. The molecule has 8 heteroatoms. The molecule has 1 fully saturated rings. The molecular weight excluding hydrogens is 416 g/mol. The molecule has 1 unspecified atom stereocenters. The highest BCUT2D eigenvalue weighted by Crippen LogP contribution is 2.34. The summed E-state index contributed by atoms with van der Waals surface area (Å²) in [5, 5.41) is 7.34. The number of fused-ring (bicyclic) bond motifs is 1. The summed E-state index contributed by atoms with van der Waals surface area (Å²) in [6.07, 6.45) is 0.484. The molecule has 1 aromatic carbocycles. The van der Waals surface area contributed by atoms with E-state index in [4.69, 9.17) is 21.3 Å². The average Bonchev–Trinajstić information content (AvgIpc) is 3.13. The molecule has 31 heavy (non-hydrogen) atoms. The average molecular weight is 447 g/mol. The van der Waals surface area contributed by atoms with Crippen LogP contribution in [0, 0.1) is 5.92 Å². The Morgan fingerprint density at radius 2 is 2.10 bits per heavy atom. The van der Waals surface area contributed by atoms with Crippen molar-refractivity contribution in [2.75, 3.05) is 24.5 Å². The quantitative estimate of drug-likeness (QED) is 0.709. The van der Waals surface area contributed by atoms with Crippen molar-refractivity contribution in [3.8, 4) is 0 Å². The number of rotatable bonds is 5. The topological polar surface area (TPSA) is 83.6 Å². The molecule has 0 saturated carbocycles. The summed E-state index contributed by atoms with van der Waals surface area (Å²) in [6.45, 7) is 11.2. The number of nitrogens with zero attached hydrogens (tertiary/aromatic N) is 2. The summed E-state index contributed by atoms with van der Waals surface area (Å²) < 4.78 is 5.43. The minimum atomic E-state index is -0.576. The maximum absolute atomic E-state index is 12.4. The molecule has 2 heterocycles. The van der Waals surface area contributed by atoms with Gasteiger partial charge in [-0.2, -0.15) is 0 Å². The van der Waals surface area contributed by atoms with Crippen molar-refractivity contribution in [1.82, 2.24) is 15.6 Å². The largest absolute Gasteiger partial charge is 0.444 e. The maximum Gasteiger partial charge on any atom is 0.408 e. The third-order valence-electron chi connectivity index (χ3n) is 5.23. The van der Waals surface area contributed by atoms with E-state index in [1.54, 1.807) is 0 Å². The first-order valence-electron chi connectivity index (χ1n) is 10.6. The Labute approximate surface area is 188 Å². The zero-order valence-corrected chi connectivity index (χ0v) is 19.5. The van der Waals surface area contributed by atoms with Crippen molar-refractivity contribution in [3.63, 3.8) is 0 Å². The summed E-state index contributed by atoms with van der Waals surface area (Å²) >= 11 is 6.42. The maximum atomic E-state index is 12.4. The van der Waals surface area contributed by atoms with Crippen LogP contribution in [0.2, 0.25) is 5.02 Å². The van der Waals surface area contributed by atoms with Crippen molar-refractivity contribution in [1.29, 1.82) is 0 Å². The first-order chi connectivity index (χ1) is 14.5. The Bertz CT molecular complexity index is 973. The molecule has 2 N–H and O–H groups in total. The van der Waals surface area contributed by atoms with E-state index >= 15 is 0 Å². The molecule has 1 saturated heterocycles. The number of alkyl carbamates (subject to hydrolysis) is 1. The third-order valence-corrected chi connectivity index (χ3v) is 5.53. The fourth-order valence-corrected chi connectivity index (χ4v) is 4.01. The van der Waals surface area contributed by atoms with Gasteiger partial charge in [-0.3, -0.25) is 4.79 Å². The zero-order chi connectivity index (χ0) is 22.8. The van der Waals surface area contributed by atoms with Crippen LogP contribution in [0.15, 0.2) is 24.3 Å². The molecule has 0 spiro atoms.